The molecule has 0 radical (unpaired) electrons. The maximum absolute atomic E-state index is 12.9. The second-order valence-corrected chi connectivity index (χ2v) is 5.53. The third kappa shape index (κ3) is 4.48. The molecule has 2 aromatic rings. The molecule has 1 atom stereocenters. The summed E-state index contributed by atoms with van der Waals surface area (Å²) in [6.07, 6.45) is -4.85. The minimum absolute atomic E-state index is 0.266. The molecule has 1 amide bonds. The van der Waals surface area contributed by atoms with Crippen molar-refractivity contribution in [2.75, 3.05) is 5.43 Å². The second kappa shape index (κ2) is 6.92. The summed E-state index contributed by atoms with van der Waals surface area (Å²) in [7, 11) is 0. The number of hydrogen-bond donors (Lipinski definition) is 3. The van der Waals surface area contributed by atoms with Crippen LogP contribution in [0.1, 0.15) is 24.5 Å². The van der Waals surface area contributed by atoms with Gasteiger partial charge >= 0.3 is 6.18 Å². The largest absolute Gasteiger partial charge is 0.418 e. The number of carbonyl (C=O) groups is 1. The van der Waals surface area contributed by atoms with Crippen LogP contribution in [0.2, 0.25) is 0 Å². The summed E-state index contributed by atoms with van der Waals surface area (Å²) >= 11 is 0. The van der Waals surface area contributed by atoms with E-state index in [1.54, 1.807) is 30.3 Å². The third-order valence-electron chi connectivity index (χ3n) is 3.47. The van der Waals surface area contributed by atoms with Crippen molar-refractivity contribution in [1.82, 2.24) is 5.43 Å². The van der Waals surface area contributed by atoms with Crippen LogP contribution >= 0.6 is 0 Å². The number of rotatable bonds is 5. The molecular formula is C17H17F3N2O2. The Morgan fingerprint density at radius 1 is 1.04 bits per heavy atom. The Bertz CT molecular complexity index is 700. The van der Waals surface area contributed by atoms with Gasteiger partial charge in [0, 0.05) is 0 Å². The minimum atomic E-state index is -4.54. The van der Waals surface area contributed by atoms with E-state index in [-0.39, 0.29) is 12.1 Å². The lowest BCUT2D eigenvalue weighted by Gasteiger charge is -2.23. The average molecular weight is 338 g/mol. The number of halogens is 3. The predicted octanol–water partition coefficient (Wildman–Crippen LogP) is 3.45. The average Bonchev–Trinajstić information content (AvgIpc) is 2.53. The Morgan fingerprint density at radius 3 is 2.25 bits per heavy atom. The maximum atomic E-state index is 12.9. The van der Waals surface area contributed by atoms with E-state index in [1.807, 2.05) is 0 Å². The molecule has 2 aromatic carbocycles. The van der Waals surface area contributed by atoms with E-state index in [9.17, 15) is 23.1 Å². The molecule has 0 bridgehead atoms. The molecule has 1 unspecified atom stereocenters. The molecule has 2 rings (SSSR count). The number of hydrogen-bond acceptors (Lipinski definition) is 3. The first-order chi connectivity index (χ1) is 11.2. The minimum Gasteiger partial charge on any atom is -0.385 e. The van der Waals surface area contributed by atoms with Crippen LogP contribution < -0.4 is 10.9 Å². The Labute approximate surface area is 137 Å². The van der Waals surface area contributed by atoms with Gasteiger partial charge in [0.1, 0.15) is 0 Å². The highest BCUT2D eigenvalue weighted by molar-refractivity contribution is 5.79. The fraction of sp³-hybridized carbons (Fsp3) is 0.235. The molecule has 24 heavy (non-hydrogen) atoms. The lowest BCUT2D eigenvalue weighted by molar-refractivity contribution is -0.137. The molecule has 0 aliphatic rings. The Morgan fingerprint density at radius 2 is 1.62 bits per heavy atom. The van der Waals surface area contributed by atoms with Crippen molar-refractivity contribution in [3.8, 4) is 0 Å². The predicted molar refractivity (Wildman–Crippen MR) is 83.8 cm³/mol. The zero-order chi connectivity index (χ0) is 17.8. The molecule has 0 aliphatic heterocycles. The van der Waals surface area contributed by atoms with E-state index >= 15 is 0 Å². The third-order valence-corrected chi connectivity index (χ3v) is 3.47. The summed E-state index contributed by atoms with van der Waals surface area (Å²) in [6.45, 7) is 1.46. The molecule has 0 saturated carbocycles. The number of nitrogens with one attached hydrogen (secondary N) is 2. The van der Waals surface area contributed by atoms with Crippen molar-refractivity contribution in [3.63, 3.8) is 0 Å². The Balaban J connectivity index is 2.02. The molecule has 0 fully saturated rings. The van der Waals surface area contributed by atoms with Crippen molar-refractivity contribution < 1.29 is 23.1 Å². The molecule has 0 saturated heterocycles. The highest BCUT2D eigenvalue weighted by atomic mass is 19.4. The van der Waals surface area contributed by atoms with Gasteiger partial charge in [-0.15, -0.1) is 0 Å². The number of amides is 1. The van der Waals surface area contributed by atoms with Crippen molar-refractivity contribution in [3.05, 3.63) is 65.7 Å². The molecule has 0 aliphatic carbocycles. The van der Waals surface area contributed by atoms with Crippen LogP contribution in [0.25, 0.3) is 0 Å². The smallest absolute Gasteiger partial charge is 0.385 e. The van der Waals surface area contributed by atoms with Gasteiger partial charge in [-0.25, -0.2) is 0 Å². The van der Waals surface area contributed by atoms with Gasteiger partial charge < -0.3 is 5.11 Å². The first kappa shape index (κ1) is 17.8. The molecule has 7 heteroatoms. The van der Waals surface area contributed by atoms with Gasteiger partial charge in [0.15, 0.2) is 0 Å². The van der Waals surface area contributed by atoms with E-state index < -0.39 is 23.2 Å². The van der Waals surface area contributed by atoms with E-state index in [2.05, 4.69) is 10.9 Å². The van der Waals surface area contributed by atoms with Gasteiger partial charge in [-0.2, -0.15) is 13.2 Å². The van der Waals surface area contributed by atoms with Crippen molar-refractivity contribution >= 4 is 11.6 Å². The summed E-state index contributed by atoms with van der Waals surface area (Å²) in [5.74, 6) is -0.638. The number of aliphatic hydroxyl groups is 1. The van der Waals surface area contributed by atoms with Gasteiger partial charge in [0.2, 0.25) is 5.91 Å². The van der Waals surface area contributed by atoms with Crippen LogP contribution in [0.3, 0.4) is 0 Å². The molecule has 0 spiro atoms. The number of para-hydroxylation sites is 1. The van der Waals surface area contributed by atoms with Gasteiger partial charge in [0.25, 0.3) is 0 Å². The van der Waals surface area contributed by atoms with E-state index in [4.69, 9.17) is 0 Å². The van der Waals surface area contributed by atoms with Crippen LogP contribution in [-0.4, -0.2) is 11.0 Å². The molecule has 0 heterocycles. The quantitative estimate of drug-likeness (QED) is 0.732. The monoisotopic (exact) mass is 338 g/mol. The molecule has 0 aromatic heterocycles. The molecule has 3 N–H and O–H groups in total. The first-order valence-corrected chi connectivity index (χ1v) is 7.19. The summed E-state index contributed by atoms with van der Waals surface area (Å²) in [6, 6.07) is 13.3. The van der Waals surface area contributed by atoms with E-state index in [0.717, 1.165) is 6.07 Å². The van der Waals surface area contributed by atoms with Crippen LogP contribution in [0, 0.1) is 0 Å². The topological polar surface area (TPSA) is 61.4 Å². The van der Waals surface area contributed by atoms with Crippen LogP contribution in [-0.2, 0) is 16.6 Å². The summed E-state index contributed by atoms with van der Waals surface area (Å²) in [4.78, 5) is 12.0. The number of carbonyl (C=O) groups excluding carboxylic acids is 1. The maximum Gasteiger partial charge on any atom is 0.418 e. The summed E-state index contributed by atoms with van der Waals surface area (Å²) in [5, 5.41) is 10.4. The van der Waals surface area contributed by atoms with Crippen molar-refractivity contribution in [2.45, 2.75) is 25.1 Å². The first-order valence-electron chi connectivity index (χ1n) is 7.19. The van der Waals surface area contributed by atoms with E-state index in [0.29, 0.717) is 5.56 Å². The zero-order valence-corrected chi connectivity index (χ0v) is 12.9. The standard InChI is InChI=1S/C17H17F3N2O2/c1-16(24,12-7-3-2-4-8-12)11-15(23)22-21-14-10-6-5-9-13(14)17(18,19)20/h2-10,21,24H,11H2,1H3,(H,22,23). The number of benzene rings is 2. The molecule has 128 valence electrons. The number of alkyl halides is 3. The molecule has 4 nitrogen and oxygen atoms in total. The van der Waals surface area contributed by atoms with Crippen LogP contribution in [0.15, 0.2) is 54.6 Å². The summed E-state index contributed by atoms with van der Waals surface area (Å²) < 4.78 is 38.6. The Kier molecular flexibility index (Phi) is 5.14. The van der Waals surface area contributed by atoms with Crippen molar-refractivity contribution in [2.24, 2.45) is 0 Å². The lowest BCUT2D eigenvalue weighted by Crippen LogP contribution is -2.36. The summed E-state index contributed by atoms with van der Waals surface area (Å²) in [5.41, 5.74) is 2.40. The number of anilines is 1. The Hall–Kier alpha value is -2.54. The van der Waals surface area contributed by atoms with Crippen LogP contribution in [0.5, 0.6) is 0 Å². The van der Waals surface area contributed by atoms with Gasteiger partial charge in [-0.1, -0.05) is 42.5 Å². The normalized spacial score (nSPS) is 13.9. The van der Waals surface area contributed by atoms with Crippen LogP contribution in [0.4, 0.5) is 18.9 Å². The fourth-order valence-corrected chi connectivity index (χ4v) is 2.23. The lowest BCUT2D eigenvalue weighted by atomic mass is 9.92. The molecular weight excluding hydrogens is 321 g/mol. The van der Waals surface area contributed by atoms with Gasteiger partial charge in [-0.05, 0) is 24.6 Å². The SMILES string of the molecule is CC(O)(CC(=O)NNc1ccccc1C(F)(F)F)c1ccccc1. The van der Waals surface area contributed by atoms with Crippen molar-refractivity contribution in [1.29, 1.82) is 0 Å². The highest BCUT2D eigenvalue weighted by Gasteiger charge is 2.33. The highest BCUT2D eigenvalue weighted by Crippen LogP contribution is 2.34. The fourth-order valence-electron chi connectivity index (χ4n) is 2.23. The van der Waals surface area contributed by atoms with Gasteiger partial charge in [-0.3, -0.25) is 15.6 Å². The van der Waals surface area contributed by atoms with E-state index in [1.165, 1.54) is 25.1 Å². The zero-order valence-electron chi connectivity index (χ0n) is 12.9. The number of hydrazine groups is 1. The van der Waals surface area contributed by atoms with Gasteiger partial charge in [0.05, 0.1) is 23.3 Å². The second-order valence-electron chi connectivity index (χ2n) is 5.53.